The molecule has 0 bridgehead atoms. The number of hydrogen-bond acceptors (Lipinski definition) is 4. The van der Waals surface area contributed by atoms with Gasteiger partial charge in [-0.1, -0.05) is 30.3 Å². The third kappa shape index (κ3) is 4.34. The first kappa shape index (κ1) is 16.5. The van der Waals surface area contributed by atoms with Crippen molar-refractivity contribution in [1.29, 1.82) is 0 Å². The number of amides is 1. The molecule has 2 aromatic rings. The average Bonchev–Trinajstić information content (AvgIpc) is 2.64. The van der Waals surface area contributed by atoms with Crippen LogP contribution in [0, 0.1) is 0 Å². The molecule has 1 aliphatic heterocycles. The Kier molecular flexibility index (Phi) is 5.46. The molecule has 2 aromatic carbocycles. The van der Waals surface area contributed by atoms with E-state index in [4.69, 9.17) is 9.47 Å². The number of ether oxygens (including phenoxy) is 2. The van der Waals surface area contributed by atoms with Crippen LogP contribution in [0.4, 0.5) is 11.4 Å². The largest absolute Gasteiger partial charge is 0.376 e. The molecule has 0 radical (unpaired) electrons. The number of benzene rings is 2. The predicted octanol–water partition coefficient (Wildman–Crippen LogP) is 2.68. The fourth-order valence-electron chi connectivity index (χ4n) is 2.61. The Hall–Kier alpha value is -2.37. The van der Waals surface area contributed by atoms with Crippen molar-refractivity contribution in [2.75, 3.05) is 37.1 Å². The van der Waals surface area contributed by atoms with Gasteiger partial charge in [-0.3, -0.25) is 4.79 Å². The molecule has 3 rings (SSSR count). The second kappa shape index (κ2) is 7.95. The maximum atomic E-state index is 12.1. The molecule has 24 heavy (non-hydrogen) atoms. The van der Waals surface area contributed by atoms with Crippen LogP contribution in [0.5, 0.6) is 0 Å². The van der Waals surface area contributed by atoms with Gasteiger partial charge in [0.2, 0.25) is 0 Å². The van der Waals surface area contributed by atoms with Gasteiger partial charge in [0.15, 0.2) is 6.10 Å². The van der Waals surface area contributed by atoms with E-state index in [1.807, 2.05) is 49.5 Å². The second-order valence-corrected chi connectivity index (χ2v) is 5.81. The van der Waals surface area contributed by atoms with Crippen molar-refractivity contribution < 1.29 is 14.3 Å². The summed E-state index contributed by atoms with van der Waals surface area (Å²) < 4.78 is 10.7. The summed E-state index contributed by atoms with van der Waals surface area (Å²) in [6, 6.07) is 18.1. The number of anilines is 2. The molecule has 1 aliphatic rings. The van der Waals surface area contributed by atoms with Gasteiger partial charge in [-0.25, -0.2) is 0 Å². The summed E-state index contributed by atoms with van der Waals surface area (Å²) in [5.74, 6) is -0.167. The topological polar surface area (TPSA) is 50.8 Å². The van der Waals surface area contributed by atoms with Gasteiger partial charge >= 0.3 is 0 Å². The molecular formula is C19H22N2O3. The number of hydrogen-bond donors (Lipinski definition) is 1. The first-order valence-electron chi connectivity index (χ1n) is 8.08. The summed E-state index contributed by atoms with van der Waals surface area (Å²) in [5.41, 5.74) is 3.10. The molecule has 0 aromatic heterocycles. The number of carbonyl (C=O) groups excluding carboxylic acids is 1. The normalized spacial score (nSPS) is 17.3. The van der Waals surface area contributed by atoms with Crippen LogP contribution >= 0.6 is 0 Å². The van der Waals surface area contributed by atoms with E-state index >= 15 is 0 Å². The van der Waals surface area contributed by atoms with E-state index in [0.29, 0.717) is 19.8 Å². The standard InChI is InChI=1S/C19H22N2O3/c1-21(13-15-5-3-2-4-6-15)17-9-7-16(8-10-17)20-19(22)18-14-23-11-12-24-18/h2-10,18H,11-14H2,1H3,(H,20,22)/t18-/m1/s1. The van der Waals surface area contributed by atoms with Crippen molar-refractivity contribution in [2.45, 2.75) is 12.6 Å². The molecule has 1 N–H and O–H groups in total. The number of carbonyl (C=O) groups is 1. The second-order valence-electron chi connectivity index (χ2n) is 5.81. The Morgan fingerprint density at radius 1 is 1.12 bits per heavy atom. The monoisotopic (exact) mass is 326 g/mol. The fourth-order valence-corrected chi connectivity index (χ4v) is 2.61. The summed E-state index contributed by atoms with van der Waals surface area (Å²) in [6.45, 7) is 2.15. The van der Waals surface area contributed by atoms with Crippen LogP contribution in [0.1, 0.15) is 5.56 Å². The zero-order chi connectivity index (χ0) is 16.8. The van der Waals surface area contributed by atoms with Gasteiger partial charge in [0.25, 0.3) is 5.91 Å². The van der Waals surface area contributed by atoms with Crippen molar-refractivity contribution in [3.8, 4) is 0 Å². The van der Waals surface area contributed by atoms with E-state index in [-0.39, 0.29) is 5.91 Å². The number of nitrogens with zero attached hydrogens (tertiary/aromatic N) is 1. The van der Waals surface area contributed by atoms with Gasteiger partial charge in [-0.15, -0.1) is 0 Å². The molecule has 1 amide bonds. The number of nitrogens with one attached hydrogen (secondary N) is 1. The SMILES string of the molecule is CN(Cc1ccccc1)c1ccc(NC(=O)[C@H]2COCCO2)cc1. The van der Waals surface area contributed by atoms with Crippen LogP contribution in [0.25, 0.3) is 0 Å². The van der Waals surface area contributed by atoms with Gasteiger partial charge in [-0.2, -0.15) is 0 Å². The van der Waals surface area contributed by atoms with Crippen LogP contribution in [0.3, 0.4) is 0 Å². The van der Waals surface area contributed by atoms with Crippen molar-refractivity contribution >= 4 is 17.3 Å². The molecule has 1 atom stereocenters. The minimum atomic E-state index is -0.529. The molecule has 5 nitrogen and oxygen atoms in total. The Morgan fingerprint density at radius 2 is 1.88 bits per heavy atom. The maximum absolute atomic E-state index is 12.1. The van der Waals surface area contributed by atoms with Crippen molar-refractivity contribution in [2.24, 2.45) is 0 Å². The first-order chi connectivity index (χ1) is 11.7. The molecule has 1 fully saturated rings. The molecule has 0 aliphatic carbocycles. The van der Waals surface area contributed by atoms with Crippen LogP contribution in [0.2, 0.25) is 0 Å². The van der Waals surface area contributed by atoms with Crippen molar-refractivity contribution in [3.63, 3.8) is 0 Å². The zero-order valence-corrected chi connectivity index (χ0v) is 13.8. The first-order valence-corrected chi connectivity index (χ1v) is 8.08. The van der Waals surface area contributed by atoms with Crippen LogP contribution in [-0.2, 0) is 20.8 Å². The lowest BCUT2D eigenvalue weighted by Crippen LogP contribution is -2.39. The van der Waals surface area contributed by atoms with Crippen LogP contribution in [-0.4, -0.2) is 38.9 Å². The van der Waals surface area contributed by atoms with Gasteiger partial charge in [-0.05, 0) is 29.8 Å². The van der Waals surface area contributed by atoms with E-state index in [0.717, 1.165) is 17.9 Å². The highest BCUT2D eigenvalue weighted by Gasteiger charge is 2.22. The molecule has 1 saturated heterocycles. The van der Waals surface area contributed by atoms with Gasteiger partial charge in [0.1, 0.15) is 0 Å². The van der Waals surface area contributed by atoms with Crippen LogP contribution in [0.15, 0.2) is 54.6 Å². The van der Waals surface area contributed by atoms with Crippen LogP contribution < -0.4 is 10.2 Å². The van der Waals surface area contributed by atoms with Gasteiger partial charge < -0.3 is 19.7 Å². The summed E-state index contributed by atoms with van der Waals surface area (Å²) in [6.07, 6.45) is -0.529. The van der Waals surface area contributed by atoms with Gasteiger partial charge in [0, 0.05) is 25.0 Å². The molecule has 5 heteroatoms. The molecule has 1 heterocycles. The van der Waals surface area contributed by atoms with E-state index in [2.05, 4.69) is 22.3 Å². The number of rotatable bonds is 5. The third-order valence-corrected chi connectivity index (χ3v) is 3.95. The van der Waals surface area contributed by atoms with Crippen molar-refractivity contribution in [3.05, 3.63) is 60.2 Å². The zero-order valence-electron chi connectivity index (χ0n) is 13.8. The highest BCUT2D eigenvalue weighted by atomic mass is 16.6. The molecule has 0 spiro atoms. The maximum Gasteiger partial charge on any atom is 0.255 e. The molecular weight excluding hydrogens is 304 g/mol. The third-order valence-electron chi connectivity index (χ3n) is 3.95. The smallest absolute Gasteiger partial charge is 0.255 e. The highest BCUT2D eigenvalue weighted by Crippen LogP contribution is 2.19. The lowest BCUT2D eigenvalue weighted by atomic mass is 10.2. The average molecular weight is 326 g/mol. The summed E-state index contributed by atoms with van der Waals surface area (Å²) in [7, 11) is 2.05. The lowest BCUT2D eigenvalue weighted by Gasteiger charge is -2.22. The van der Waals surface area contributed by atoms with Gasteiger partial charge in [0.05, 0.1) is 19.8 Å². The van der Waals surface area contributed by atoms with E-state index in [1.165, 1.54) is 5.56 Å². The Balaban J connectivity index is 1.57. The fraction of sp³-hybridized carbons (Fsp3) is 0.316. The minimum Gasteiger partial charge on any atom is -0.376 e. The van der Waals surface area contributed by atoms with Crippen molar-refractivity contribution in [1.82, 2.24) is 0 Å². The Bertz CT molecular complexity index is 652. The van der Waals surface area contributed by atoms with E-state index < -0.39 is 6.10 Å². The summed E-state index contributed by atoms with van der Waals surface area (Å²) in [4.78, 5) is 14.3. The molecule has 0 saturated carbocycles. The highest BCUT2D eigenvalue weighted by molar-refractivity contribution is 5.94. The molecule has 0 unspecified atom stereocenters. The quantitative estimate of drug-likeness (QED) is 0.918. The Labute approximate surface area is 142 Å². The van der Waals surface area contributed by atoms with E-state index in [1.54, 1.807) is 0 Å². The minimum absolute atomic E-state index is 0.167. The molecule has 126 valence electrons. The van der Waals surface area contributed by atoms with E-state index in [9.17, 15) is 4.79 Å². The lowest BCUT2D eigenvalue weighted by molar-refractivity contribution is -0.142. The summed E-state index contributed by atoms with van der Waals surface area (Å²) in [5, 5.41) is 2.87. The predicted molar refractivity (Wildman–Crippen MR) is 94.2 cm³/mol. The summed E-state index contributed by atoms with van der Waals surface area (Å²) >= 11 is 0. The Morgan fingerprint density at radius 3 is 2.54 bits per heavy atom.